The summed E-state index contributed by atoms with van der Waals surface area (Å²) >= 11 is 0. The van der Waals surface area contributed by atoms with Crippen LogP contribution in [0.5, 0.6) is 5.75 Å². The lowest BCUT2D eigenvalue weighted by atomic mass is 9.98. The highest BCUT2D eigenvalue weighted by Gasteiger charge is 2.40. The van der Waals surface area contributed by atoms with Crippen molar-refractivity contribution in [2.45, 2.75) is 18.3 Å². The van der Waals surface area contributed by atoms with Crippen molar-refractivity contribution < 1.29 is 27.3 Å². The van der Waals surface area contributed by atoms with E-state index in [4.69, 9.17) is 4.74 Å². The van der Waals surface area contributed by atoms with Crippen molar-refractivity contribution in [3.05, 3.63) is 95.6 Å². The zero-order chi connectivity index (χ0) is 22.6. The first kappa shape index (κ1) is 22.8. The van der Waals surface area contributed by atoms with E-state index in [1.54, 1.807) is 54.6 Å². The molecule has 162 valence electrons. The lowest BCUT2D eigenvalue weighted by Gasteiger charge is -2.27. The van der Waals surface area contributed by atoms with Crippen molar-refractivity contribution in [3.63, 3.8) is 0 Å². The van der Waals surface area contributed by atoms with Crippen LogP contribution in [0, 0.1) is 0 Å². The van der Waals surface area contributed by atoms with Crippen LogP contribution in [0.4, 0.5) is 13.2 Å². The number of hydrogen-bond acceptors (Lipinski definition) is 3. The van der Waals surface area contributed by atoms with Crippen molar-refractivity contribution in [3.8, 4) is 5.75 Å². The van der Waals surface area contributed by atoms with Crippen LogP contribution in [0.2, 0.25) is 0 Å². The van der Waals surface area contributed by atoms with Gasteiger partial charge in [-0.25, -0.2) is 0 Å². The molecule has 3 aromatic rings. The molecule has 7 heteroatoms. The molecule has 0 aromatic heterocycles. The Kier molecular flexibility index (Phi) is 6.71. The second-order valence-corrected chi connectivity index (χ2v) is 10.4. The minimum absolute atomic E-state index is 0.133. The summed E-state index contributed by atoms with van der Waals surface area (Å²) in [4.78, 5) is 13.0. The minimum atomic E-state index is -4.63. The number of carbonyl (C=O) groups excluding carboxylic acids is 1. The normalized spacial score (nSPS) is 14.5. The third-order valence-corrected chi connectivity index (χ3v) is 8.25. The van der Waals surface area contributed by atoms with Crippen LogP contribution in [0.3, 0.4) is 0 Å². The number of carbonyl (C=O) groups is 1. The van der Waals surface area contributed by atoms with E-state index in [1.807, 2.05) is 0 Å². The van der Waals surface area contributed by atoms with Crippen LogP contribution in [-0.2, 0) is 10.7 Å². The van der Waals surface area contributed by atoms with E-state index in [0.29, 0.717) is 16.6 Å². The molecule has 31 heavy (non-hydrogen) atoms. The van der Waals surface area contributed by atoms with Gasteiger partial charge in [0, 0.05) is 22.9 Å². The Morgan fingerprint density at radius 3 is 2.10 bits per heavy atom. The first-order chi connectivity index (χ1) is 14.6. The van der Waals surface area contributed by atoms with Gasteiger partial charge < -0.3 is 9.30 Å². The van der Waals surface area contributed by atoms with Gasteiger partial charge in [-0.05, 0) is 42.6 Å². The van der Waals surface area contributed by atoms with Crippen molar-refractivity contribution in [1.29, 1.82) is 0 Å². The molecule has 0 aliphatic heterocycles. The fourth-order valence-electron chi connectivity index (χ4n) is 3.57. The SMILES string of the molecule is COc1ccc(C(=O)C[C@@H](c2ccccc2C(F)(F)F)P(C)(=O)c2ccccc2)cc1. The standard InChI is InChI=1S/C24H22F3O3P/c1-30-18-14-12-17(13-15-18)22(28)16-23(31(2,29)19-8-4-3-5-9-19)20-10-6-7-11-21(20)24(25,26)27/h3-15,23H,16H2,1-2H3/t23-,31?/m0/s1. The van der Waals surface area contributed by atoms with Crippen molar-refractivity contribution >= 4 is 18.2 Å². The first-order valence-electron chi connectivity index (χ1n) is 9.60. The molecule has 1 unspecified atom stereocenters. The molecule has 0 saturated carbocycles. The molecule has 0 N–H and O–H groups in total. The van der Waals surface area contributed by atoms with Crippen molar-refractivity contribution in [2.75, 3.05) is 13.8 Å². The summed E-state index contributed by atoms with van der Waals surface area (Å²) < 4.78 is 60.3. The average Bonchev–Trinajstić information content (AvgIpc) is 2.77. The van der Waals surface area contributed by atoms with E-state index >= 15 is 0 Å². The van der Waals surface area contributed by atoms with Gasteiger partial charge >= 0.3 is 6.18 Å². The lowest BCUT2D eigenvalue weighted by Crippen LogP contribution is -2.19. The molecule has 0 spiro atoms. The summed E-state index contributed by atoms with van der Waals surface area (Å²) in [6.07, 6.45) is -4.95. The van der Waals surface area contributed by atoms with Gasteiger partial charge in [0.05, 0.1) is 12.7 Å². The Bertz CT molecular complexity index is 1090. The molecule has 0 radical (unpaired) electrons. The summed E-state index contributed by atoms with van der Waals surface area (Å²) in [6.45, 7) is 1.45. The van der Waals surface area contributed by atoms with Crippen LogP contribution < -0.4 is 10.0 Å². The summed E-state index contributed by atoms with van der Waals surface area (Å²) in [5.74, 6) is 0.170. The zero-order valence-corrected chi connectivity index (χ0v) is 18.0. The van der Waals surface area contributed by atoms with Gasteiger partial charge in [0.15, 0.2) is 5.78 Å². The highest BCUT2D eigenvalue weighted by molar-refractivity contribution is 7.71. The van der Waals surface area contributed by atoms with Gasteiger partial charge in [-0.2, -0.15) is 13.2 Å². The van der Waals surface area contributed by atoms with Crippen LogP contribution in [-0.4, -0.2) is 19.6 Å². The molecule has 0 aliphatic rings. The lowest BCUT2D eigenvalue weighted by molar-refractivity contribution is -0.138. The molecule has 2 atom stereocenters. The Morgan fingerprint density at radius 2 is 1.52 bits per heavy atom. The maximum atomic E-state index is 13.9. The van der Waals surface area contributed by atoms with Gasteiger partial charge in [-0.15, -0.1) is 0 Å². The highest BCUT2D eigenvalue weighted by Crippen LogP contribution is 2.58. The fourth-order valence-corrected chi connectivity index (χ4v) is 5.96. The quantitative estimate of drug-likeness (QED) is 0.314. The van der Waals surface area contributed by atoms with Crippen LogP contribution in [0.1, 0.15) is 33.6 Å². The van der Waals surface area contributed by atoms with Crippen LogP contribution >= 0.6 is 7.14 Å². The molecule has 3 nitrogen and oxygen atoms in total. The summed E-state index contributed by atoms with van der Waals surface area (Å²) in [6, 6.07) is 19.7. The number of halogens is 3. The van der Waals surface area contributed by atoms with Crippen molar-refractivity contribution in [2.24, 2.45) is 0 Å². The maximum Gasteiger partial charge on any atom is 0.416 e. The Morgan fingerprint density at radius 1 is 0.935 bits per heavy atom. The van der Waals surface area contributed by atoms with Gasteiger partial charge in [-0.3, -0.25) is 4.79 Å². The van der Waals surface area contributed by atoms with E-state index in [0.717, 1.165) is 6.07 Å². The van der Waals surface area contributed by atoms with Gasteiger partial charge in [0.25, 0.3) is 0 Å². The van der Waals surface area contributed by atoms with Gasteiger partial charge in [0.2, 0.25) is 0 Å². The number of hydrogen-bond donors (Lipinski definition) is 0. The van der Waals surface area contributed by atoms with E-state index in [2.05, 4.69) is 0 Å². The molecular formula is C24H22F3O3P. The Balaban J connectivity index is 2.09. The summed E-state index contributed by atoms with van der Waals surface area (Å²) in [5.41, 5.74) is -1.81. The molecule has 0 fully saturated rings. The zero-order valence-electron chi connectivity index (χ0n) is 17.1. The van der Waals surface area contributed by atoms with Crippen LogP contribution in [0.25, 0.3) is 0 Å². The summed E-state index contributed by atoms with van der Waals surface area (Å²) in [5, 5.41) is 0.430. The second-order valence-electron chi connectivity index (χ2n) is 7.28. The largest absolute Gasteiger partial charge is 0.497 e. The number of rotatable bonds is 7. The first-order valence-corrected chi connectivity index (χ1v) is 11.8. The molecule has 0 amide bonds. The Hall–Kier alpha value is -2.85. The van der Waals surface area contributed by atoms with E-state index in [-0.39, 0.29) is 17.8 Å². The van der Waals surface area contributed by atoms with E-state index in [1.165, 1.54) is 32.0 Å². The molecule has 3 aromatic carbocycles. The predicted octanol–water partition coefficient (Wildman–Crippen LogP) is 6.35. The third-order valence-electron chi connectivity index (χ3n) is 5.28. The van der Waals surface area contributed by atoms with Gasteiger partial charge in [-0.1, -0.05) is 48.5 Å². The number of benzene rings is 3. The molecular weight excluding hydrogens is 424 g/mol. The molecule has 0 saturated heterocycles. The number of alkyl halides is 3. The second kappa shape index (κ2) is 9.11. The smallest absolute Gasteiger partial charge is 0.416 e. The molecule has 0 heterocycles. The fraction of sp³-hybridized carbons (Fsp3) is 0.208. The number of ether oxygens (including phenoxy) is 1. The van der Waals surface area contributed by atoms with E-state index < -0.39 is 24.5 Å². The topological polar surface area (TPSA) is 43.4 Å². The van der Waals surface area contributed by atoms with Gasteiger partial charge in [0.1, 0.15) is 12.9 Å². The van der Waals surface area contributed by atoms with Crippen molar-refractivity contribution in [1.82, 2.24) is 0 Å². The monoisotopic (exact) mass is 446 g/mol. The average molecular weight is 446 g/mol. The Labute approximate surface area is 179 Å². The van der Waals surface area contributed by atoms with Crippen LogP contribution in [0.15, 0.2) is 78.9 Å². The molecule has 0 aliphatic carbocycles. The van der Waals surface area contributed by atoms with E-state index in [9.17, 15) is 22.5 Å². The number of methoxy groups -OCH3 is 1. The number of ketones is 1. The maximum absolute atomic E-state index is 13.9. The summed E-state index contributed by atoms with van der Waals surface area (Å²) in [7, 11) is -1.91. The number of Topliss-reactive ketones (excluding diaryl/α,β-unsaturated/α-hetero) is 1. The minimum Gasteiger partial charge on any atom is -0.497 e. The highest BCUT2D eigenvalue weighted by atomic mass is 31.2. The molecule has 0 bridgehead atoms. The third kappa shape index (κ3) is 5.08. The molecule has 3 rings (SSSR count). The predicted molar refractivity (Wildman–Crippen MR) is 116 cm³/mol.